The molecule has 0 atom stereocenters. The average molecular weight is 569 g/mol. The Balaban J connectivity index is 0.00000240. The number of guanidine groups is 1. The van der Waals surface area contributed by atoms with Gasteiger partial charge in [-0.2, -0.15) is 0 Å². The Morgan fingerprint density at radius 2 is 1.93 bits per heavy atom. The van der Waals surface area contributed by atoms with Crippen molar-refractivity contribution in [3.63, 3.8) is 0 Å². The largest absolute Gasteiger partial charge is 0.357 e. The summed E-state index contributed by atoms with van der Waals surface area (Å²) in [5.74, 6) is 1.81. The maximum Gasteiger partial charge on any atom is 0.191 e. The summed E-state index contributed by atoms with van der Waals surface area (Å²) in [6, 6.07) is 14.4. The third-order valence-corrected chi connectivity index (χ3v) is 5.90. The second-order valence-electron chi connectivity index (χ2n) is 7.18. The molecule has 1 aliphatic carbocycles. The minimum absolute atomic E-state index is 0. The molecule has 154 valence electrons. The van der Waals surface area contributed by atoms with Gasteiger partial charge in [0.2, 0.25) is 0 Å². The summed E-state index contributed by atoms with van der Waals surface area (Å²) < 4.78 is 3.21. The molecule has 8 heteroatoms. The van der Waals surface area contributed by atoms with Gasteiger partial charge in [0.1, 0.15) is 5.82 Å². The Labute approximate surface area is 196 Å². The highest BCUT2D eigenvalue weighted by Crippen LogP contribution is 2.50. The summed E-state index contributed by atoms with van der Waals surface area (Å²) in [4.78, 5) is 4.88. The van der Waals surface area contributed by atoms with Crippen LogP contribution >= 0.6 is 39.9 Å². The molecule has 2 heterocycles. The first-order chi connectivity index (χ1) is 13.7. The number of pyridine rings is 1. The van der Waals surface area contributed by atoms with Crippen LogP contribution in [0.4, 0.5) is 0 Å². The van der Waals surface area contributed by atoms with E-state index in [9.17, 15) is 0 Å². The van der Waals surface area contributed by atoms with E-state index >= 15 is 0 Å². The van der Waals surface area contributed by atoms with Crippen LogP contribution in [-0.4, -0.2) is 40.2 Å². The van der Waals surface area contributed by atoms with Crippen molar-refractivity contribution in [2.24, 2.45) is 4.99 Å². The van der Waals surface area contributed by atoms with Crippen molar-refractivity contribution in [3.8, 4) is 0 Å². The predicted molar refractivity (Wildman–Crippen MR) is 131 cm³/mol. The van der Waals surface area contributed by atoms with E-state index in [1.54, 1.807) is 0 Å². The number of benzene rings is 1. The highest BCUT2D eigenvalue weighted by atomic mass is 127. The first-order valence-corrected chi connectivity index (χ1v) is 10.6. The number of hydrogen-bond donors (Lipinski definition) is 2. The van der Waals surface area contributed by atoms with Crippen molar-refractivity contribution in [3.05, 3.63) is 64.5 Å². The Hall–Kier alpha value is -1.68. The maximum atomic E-state index is 4.88. The van der Waals surface area contributed by atoms with Gasteiger partial charge < -0.3 is 10.6 Å². The van der Waals surface area contributed by atoms with Crippen LogP contribution in [-0.2, 0) is 11.8 Å². The van der Waals surface area contributed by atoms with Crippen molar-refractivity contribution in [2.75, 3.05) is 19.6 Å². The minimum atomic E-state index is 0. The van der Waals surface area contributed by atoms with E-state index in [0.29, 0.717) is 0 Å². The molecule has 1 saturated carbocycles. The number of nitrogens with one attached hydrogen (secondary N) is 2. The van der Waals surface area contributed by atoms with Crippen molar-refractivity contribution in [1.82, 2.24) is 25.2 Å². The topological polar surface area (TPSA) is 66.6 Å². The fourth-order valence-corrected chi connectivity index (χ4v) is 4.19. The molecule has 0 saturated heterocycles. The van der Waals surface area contributed by atoms with E-state index in [1.165, 1.54) is 22.9 Å². The van der Waals surface area contributed by atoms with Gasteiger partial charge in [-0.25, -0.2) is 0 Å². The van der Waals surface area contributed by atoms with Crippen molar-refractivity contribution in [2.45, 2.75) is 31.6 Å². The van der Waals surface area contributed by atoms with Crippen molar-refractivity contribution in [1.29, 1.82) is 0 Å². The van der Waals surface area contributed by atoms with Gasteiger partial charge >= 0.3 is 0 Å². The van der Waals surface area contributed by atoms with Gasteiger partial charge in [0.15, 0.2) is 11.6 Å². The van der Waals surface area contributed by atoms with Gasteiger partial charge in [-0.1, -0.05) is 40.2 Å². The summed E-state index contributed by atoms with van der Waals surface area (Å²) in [5.41, 5.74) is 2.41. The molecular formula is C21H26BrIN6. The Morgan fingerprint density at radius 1 is 1.14 bits per heavy atom. The number of halogens is 2. The standard InChI is InChI=1S/C21H25BrN6.HI/c1-2-23-20(24-13-10-19-27-26-18-9-5-6-14-28(18)19)25-15-21(11-12-21)16-7-3-4-8-17(16)22;/h3-9,14H,2,10-13,15H2,1H3,(H2,23,24,25);1H. The van der Waals surface area contributed by atoms with Gasteiger partial charge in [0.25, 0.3) is 0 Å². The normalized spacial score (nSPS) is 15.0. The van der Waals surface area contributed by atoms with Gasteiger partial charge in [0, 0.05) is 35.6 Å². The lowest BCUT2D eigenvalue weighted by Gasteiger charge is -2.17. The van der Waals surface area contributed by atoms with Crippen LogP contribution in [0.2, 0.25) is 0 Å². The first kappa shape index (κ1) is 22.0. The van der Waals surface area contributed by atoms with E-state index in [-0.39, 0.29) is 29.4 Å². The van der Waals surface area contributed by atoms with Crippen molar-refractivity contribution >= 4 is 51.5 Å². The molecule has 4 rings (SSSR count). The predicted octanol–water partition coefficient (Wildman–Crippen LogP) is 3.94. The molecule has 29 heavy (non-hydrogen) atoms. The van der Waals surface area contributed by atoms with Gasteiger partial charge in [-0.05, 0) is 43.5 Å². The zero-order chi connectivity index (χ0) is 19.4. The van der Waals surface area contributed by atoms with E-state index in [1.807, 2.05) is 28.8 Å². The lowest BCUT2D eigenvalue weighted by molar-refractivity contribution is 0.687. The monoisotopic (exact) mass is 568 g/mol. The number of rotatable bonds is 7. The van der Waals surface area contributed by atoms with Gasteiger partial charge in [-0.15, -0.1) is 34.2 Å². The third-order valence-electron chi connectivity index (χ3n) is 5.21. The number of fused-ring (bicyclic) bond motifs is 1. The van der Waals surface area contributed by atoms with Crippen LogP contribution in [0.1, 0.15) is 31.2 Å². The molecule has 0 unspecified atom stereocenters. The molecule has 0 radical (unpaired) electrons. The molecule has 2 N–H and O–H groups in total. The maximum absolute atomic E-state index is 4.88. The Bertz CT molecular complexity index is 982. The lowest BCUT2D eigenvalue weighted by atomic mass is 9.96. The quantitative estimate of drug-likeness (QED) is 0.257. The zero-order valence-electron chi connectivity index (χ0n) is 16.4. The van der Waals surface area contributed by atoms with E-state index in [2.05, 4.69) is 68.0 Å². The lowest BCUT2D eigenvalue weighted by Crippen LogP contribution is -2.39. The van der Waals surface area contributed by atoms with Crippen LogP contribution in [0.5, 0.6) is 0 Å². The van der Waals surface area contributed by atoms with Gasteiger partial charge in [0.05, 0.1) is 6.54 Å². The molecule has 1 fully saturated rings. The van der Waals surface area contributed by atoms with Crippen LogP contribution < -0.4 is 10.6 Å². The second kappa shape index (κ2) is 9.88. The SMILES string of the molecule is CCNC(=NCC1(c2ccccc2Br)CC1)NCCc1nnc2ccccn12.I. The second-order valence-corrected chi connectivity index (χ2v) is 8.03. The minimum Gasteiger partial charge on any atom is -0.357 e. The summed E-state index contributed by atoms with van der Waals surface area (Å²) in [5, 5.41) is 15.3. The fraction of sp³-hybridized carbons (Fsp3) is 0.381. The van der Waals surface area contributed by atoms with E-state index in [0.717, 1.165) is 43.5 Å². The molecule has 0 bridgehead atoms. The highest BCUT2D eigenvalue weighted by Gasteiger charge is 2.45. The summed E-state index contributed by atoms with van der Waals surface area (Å²) in [6.45, 7) is 4.47. The summed E-state index contributed by atoms with van der Waals surface area (Å²) in [7, 11) is 0. The molecular weight excluding hydrogens is 543 g/mol. The molecule has 6 nitrogen and oxygen atoms in total. The van der Waals surface area contributed by atoms with E-state index in [4.69, 9.17) is 4.99 Å². The van der Waals surface area contributed by atoms with Crippen LogP contribution in [0.25, 0.3) is 5.65 Å². The van der Waals surface area contributed by atoms with E-state index < -0.39 is 0 Å². The average Bonchev–Trinajstić information content (AvgIpc) is 3.39. The first-order valence-electron chi connectivity index (χ1n) is 9.78. The number of aliphatic imine (C=N–C) groups is 1. The molecule has 0 aliphatic heterocycles. The third kappa shape index (κ3) is 5.09. The smallest absolute Gasteiger partial charge is 0.191 e. The van der Waals surface area contributed by atoms with Crippen LogP contribution in [0.15, 0.2) is 58.1 Å². The zero-order valence-corrected chi connectivity index (χ0v) is 20.4. The number of aromatic nitrogens is 3. The van der Waals surface area contributed by atoms with Crippen LogP contribution in [0, 0.1) is 0 Å². The molecule has 0 amide bonds. The Kier molecular flexibility index (Phi) is 7.50. The highest BCUT2D eigenvalue weighted by molar-refractivity contribution is 14.0. The molecule has 2 aromatic heterocycles. The van der Waals surface area contributed by atoms with Crippen molar-refractivity contribution < 1.29 is 0 Å². The fourth-order valence-electron chi connectivity index (χ4n) is 3.48. The molecule has 3 aromatic rings. The number of nitrogens with zero attached hydrogens (tertiary/aromatic N) is 4. The molecule has 0 spiro atoms. The van der Waals surface area contributed by atoms with Gasteiger partial charge in [-0.3, -0.25) is 9.39 Å². The molecule has 1 aromatic carbocycles. The summed E-state index contributed by atoms with van der Waals surface area (Å²) in [6.07, 6.45) is 5.15. The number of hydrogen-bond acceptors (Lipinski definition) is 3. The molecule has 1 aliphatic rings. The van der Waals surface area contributed by atoms with Crippen LogP contribution in [0.3, 0.4) is 0 Å². The summed E-state index contributed by atoms with van der Waals surface area (Å²) >= 11 is 3.70. The Morgan fingerprint density at radius 3 is 2.69 bits per heavy atom.